The first-order chi connectivity index (χ1) is 92.0. The van der Waals surface area contributed by atoms with Gasteiger partial charge in [-0.15, -0.1) is 0 Å². The van der Waals surface area contributed by atoms with Gasteiger partial charge >= 0.3 is 0 Å². The summed E-state index contributed by atoms with van der Waals surface area (Å²) in [5, 5.41) is 65.7. The molecule has 0 aromatic heterocycles. The van der Waals surface area contributed by atoms with Crippen molar-refractivity contribution < 1.29 is 181 Å². The van der Waals surface area contributed by atoms with Gasteiger partial charge in [0.2, 0.25) is 0 Å². The van der Waals surface area contributed by atoms with Crippen molar-refractivity contribution in [1.82, 2.24) is 29.4 Å². The van der Waals surface area contributed by atoms with Crippen LogP contribution in [-0.2, 0) is 38.2 Å². The van der Waals surface area contributed by atoms with Crippen molar-refractivity contribution in [2.45, 2.75) is 271 Å². The number of aryl methyl sites for hydroxylation is 6. The topological polar surface area (TPSA) is 252 Å². The van der Waals surface area contributed by atoms with Gasteiger partial charge < -0.3 is 87.5 Å². The van der Waals surface area contributed by atoms with Gasteiger partial charge in [0.05, 0.1) is 149 Å². The van der Waals surface area contributed by atoms with E-state index in [4.69, 9.17) is 150 Å². The maximum atomic E-state index is 11.1. The van der Waals surface area contributed by atoms with Gasteiger partial charge in [-0.1, -0.05) is 82.9 Å². The largest absolute Gasteiger partial charge is 0.493 e. The lowest BCUT2D eigenvalue weighted by atomic mass is 9.79. The van der Waals surface area contributed by atoms with Crippen molar-refractivity contribution in [3.05, 3.63) is 140 Å². The summed E-state index contributed by atoms with van der Waals surface area (Å²) in [5.41, 5.74) is -1.06. The minimum absolute atomic E-state index is 0.000287. The molecule has 6 saturated heterocycles. The third-order valence-electron chi connectivity index (χ3n) is 25.1. The first-order valence-corrected chi connectivity index (χ1v) is 45.4. The molecule has 6 N–H and O–H groups in total. The SMILES string of the molecule is [2H]C([2H])([2H])Oc1cc2c(cc1OC([2H])([2H])[2H])C([2H])([2H])C([2H])([2H])N1[C@H]2C[C@@H](O)[C@@H](C([2H])([2H])C([2H])(C)C([2H])([2H])[2H])C1([2H])[2H].[2H]C([2H])([2H])Oc1cc2c(cc1OC([2H])([2H])[2H])C([2H])([2H])C([2H])([2H])N1[C@H]2C[C@@H](O)[C@@H](CC(C)C)C1([2H])[2H].[2H]C([2H])([2H])Oc1cc2c(cc1OC([2H])([2H])[2H])C([2H])([2H])C([2H])([2H])N1[C@H]2C[C@@]([2H])(O)[C@@H](CC(C)C)C1([2H])[2H].[2H]C1([2H])[C@H](C([2H])([2H])C([2H])(C)C([2H])([2H])[2H])[C@H](O)C[C@H]2c3cc(OC)c(OC)cc3C([2H])([2H])C([2H])([2H])N21.[2H]C1([2H])[C@H](CC(C)C)[C@H](O)C[C@H]2c3cc(OC)c(OC)cc3C([2H])([2H])C([2H])([2H])N21.[2H]C1([2H])[C@H](CC(C)C)[C@]([2H])(O)C[C@H]2c3cc(OC)c(OC)cc3C([2H])([2H])C([2H])([2H])N21. The Morgan fingerprint density at radius 2 is 0.464 bits per heavy atom. The van der Waals surface area contributed by atoms with E-state index in [9.17, 15) is 30.6 Å². The number of methoxy groups -OCH3 is 12. The van der Waals surface area contributed by atoms with Crippen molar-refractivity contribution >= 4 is 0 Å². The van der Waals surface area contributed by atoms with Crippen LogP contribution < -0.4 is 56.8 Å². The number of fused-ring (bicyclic) bond motifs is 18. The van der Waals surface area contributed by atoms with Gasteiger partial charge in [0, 0.05) is 180 Å². The van der Waals surface area contributed by atoms with Crippen molar-refractivity contribution in [3.8, 4) is 69.0 Å². The van der Waals surface area contributed by atoms with Crippen LogP contribution in [0.3, 0.4) is 0 Å². The third-order valence-corrected chi connectivity index (χ3v) is 25.1. The summed E-state index contributed by atoms with van der Waals surface area (Å²) in [6.45, 7) is -24.4. The monoisotopic (exact) mass is 1980 g/mol. The Labute approximate surface area is 922 Å². The van der Waals surface area contributed by atoms with Gasteiger partial charge in [0.25, 0.3) is 0 Å². The van der Waals surface area contributed by atoms with Crippen LogP contribution in [0, 0.1) is 71.0 Å². The zero-order valence-corrected chi connectivity index (χ0v) is 79.8. The Hall–Kier alpha value is -7.56. The summed E-state index contributed by atoms with van der Waals surface area (Å²) in [4.78, 5) is 4.13. The Kier molecular flexibility index (Phi) is 17.6. The molecule has 24 heteroatoms. The number of nitrogens with zero attached hydrogens (tertiary/aromatic N) is 6. The lowest BCUT2D eigenvalue weighted by molar-refractivity contribution is -0.0192. The van der Waals surface area contributed by atoms with E-state index >= 15 is 0 Å². The predicted molar refractivity (Wildman–Crippen MR) is 547 cm³/mol. The summed E-state index contributed by atoms with van der Waals surface area (Å²) in [6.07, 6.45) is -35.3. The number of aliphatic hydroxyl groups excluding tert-OH is 4. The molecule has 0 radical (unpaired) electrons. The zero-order valence-electron chi connectivity index (χ0n) is 148. The lowest BCUT2D eigenvalue weighted by Gasteiger charge is -2.46. The van der Waals surface area contributed by atoms with E-state index in [-0.39, 0.29) is 141 Å². The fourth-order valence-electron chi connectivity index (χ4n) is 18.4. The Balaban J connectivity index is 0.000000198. The van der Waals surface area contributed by atoms with Crippen LogP contribution in [0.5, 0.6) is 69.0 Å². The molecule has 138 heavy (non-hydrogen) atoms. The molecule has 0 spiro atoms. The Morgan fingerprint density at radius 3 is 0.674 bits per heavy atom. The van der Waals surface area contributed by atoms with Crippen molar-refractivity contribution in [2.24, 2.45) is 71.0 Å². The number of aliphatic hydroxyl groups is 6. The number of rotatable bonds is 24. The summed E-state index contributed by atoms with van der Waals surface area (Å²) in [5.74, 6) is -17.6. The molecular formula is C114H174N6O18. The number of piperidine rings is 6. The number of benzene rings is 6. The average Bonchev–Trinajstić information content (AvgIpc) is 0.660. The second kappa shape index (κ2) is 49.1. The van der Waals surface area contributed by atoms with E-state index in [2.05, 4.69) is 0 Å². The molecule has 0 saturated carbocycles. The van der Waals surface area contributed by atoms with Crippen LogP contribution in [0.15, 0.2) is 72.8 Å². The highest BCUT2D eigenvalue weighted by atomic mass is 16.5. The Bertz CT molecular complexity index is 8110. The molecule has 24 nitrogen and oxygen atoms in total. The lowest BCUT2D eigenvalue weighted by Crippen LogP contribution is -2.48. The van der Waals surface area contributed by atoms with Gasteiger partial charge in [-0.25, -0.2) is 0 Å². The highest BCUT2D eigenvalue weighted by molar-refractivity contribution is 5.55. The van der Waals surface area contributed by atoms with E-state index < -0.39 is 370 Å². The van der Waals surface area contributed by atoms with Crippen LogP contribution in [0.1, 0.15) is 356 Å². The molecule has 6 aromatic rings. The number of ether oxygens (including phenoxy) is 12. The van der Waals surface area contributed by atoms with Gasteiger partial charge in [0.15, 0.2) is 69.0 Å². The summed E-state index contributed by atoms with van der Waals surface area (Å²) >= 11 is 0. The number of hydrogen-bond acceptors (Lipinski definition) is 24. The quantitative estimate of drug-likeness (QED) is 0.0329. The van der Waals surface area contributed by atoms with Gasteiger partial charge in [-0.2, -0.15) is 0 Å². The average molecular weight is 1990 g/mol. The first kappa shape index (κ1) is 49.4. The smallest absolute Gasteiger partial charge is 0.161 e. The van der Waals surface area contributed by atoms with Crippen molar-refractivity contribution in [3.63, 3.8) is 0 Å². The maximum absolute atomic E-state index is 11.1. The molecule has 0 aliphatic carbocycles. The van der Waals surface area contributed by atoms with Crippen LogP contribution in [0.4, 0.5) is 0 Å². The molecule has 12 aliphatic heterocycles. The second-order valence-electron chi connectivity index (χ2n) is 36.6. The molecule has 20 atom stereocenters. The minimum atomic E-state index is -3.36. The highest BCUT2D eigenvalue weighted by Gasteiger charge is 2.47. The maximum Gasteiger partial charge on any atom is 0.161 e. The van der Waals surface area contributed by atoms with Crippen molar-refractivity contribution in [2.75, 3.05) is 163 Å². The minimum Gasteiger partial charge on any atom is -0.493 e. The van der Waals surface area contributed by atoms with Crippen molar-refractivity contribution in [1.29, 1.82) is 0 Å². The van der Waals surface area contributed by atoms with Gasteiger partial charge in [-0.05, 0) is 326 Å². The summed E-state index contributed by atoms with van der Waals surface area (Å²) in [6, 6.07) is 6.37. The van der Waals surface area contributed by atoms with E-state index in [0.29, 0.717) is 39.4 Å². The standard InChI is InChI=1S/6C19H29NO3/c6*1-12(2)7-14-11-20-6-5-13-8-18(22-3)19(23-4)9-15(13)16(20)10-17(14)21/h6*8-9,12,14,16-17,21H,5-7,10-11H2,1-4H3/t6*14-,16-,17+/m000000/s1/i1D3,3D3,4D3,5D2,6D2,7D2,11D2,12D;3D3,4D3,5D2,6D2,11D2,17D;1D3,5D2,6D2,7D2,11D2,12D;3D3,4D3,5D2,6D2,11D2;5D2,6D2,11D2,17D;5D2,6D2,11D2/t12?,14-,16-,17+;m;12?,14-,16-,17+;3m. The second-order valence-corrected chi connectivity index (χ2v) is 36.6. The van der Waals surface area contributed by atoms with Gasteiger partial charge in [-0.3, -0.25) is 29.4 Å². The summed E-state index contributed by atoms with van der Waals surface area (Å²) in [7, 11) is -10.2. The molecule has 2 unspecified atom stereocenters. The van der Waals surface area contributed by atoms with Crippen LogP contribution in [-0.4, -0.2) is 259 Å². The molecule has 18 rings (SSSR count). The van der Waals surface area contributed by atoms with E-state index in [1.165, 1.54) is 73.0 Å². The predicted octanol–water partition coefficient (Wildman–Crippen LogP) is 18.2. The normalized spacial score (nSPS) is 44.2. The molecular weight excluding hydrogens is 1740 g/mol. The zero-order chi connectivity index (χ0) is 159. The molecule has 12 aliphatic rings. The molecule has 768 valence electrons. The molecule has 6 aromatic carbocycles. The van der Waals surface area contributed by atoms with Crippen LogP contribution in [0.25, 0.3) is 0 Å². The van der Waals surface area contributed by atoms with E-state index in [1.54, 1.807) is 19.9 Å². The number of hydrogen-bond donors (Lipinski definition) is 6. The van der Waals surface area contributed by atoms with E-state index in [0.717, 1.165) is 58.0 Å². The fourth-order valence-corrected chi connectivity index (χ4v) is 18.4. The van der Waals surface area contributed by atoms with E-state index in [1.807, 2.05) is 41.5 Å². The first-order valence-electron chi connectivity index (χ1n) is 79.4. The highest BCUT2D eigenvalue weighted by Crippen LogP contribution is 2.52. The molecule has 12 heterocycles. The van der Waals surface area contributed by atoms with Gasteiger partial charge in [0.1, 0.15) is 0 Å². The summed E-state index contributed by atoms with van der Waals surface area (Å²) < 4.78 is 620. The molecule has 0 amide bonds. The fraction of sp³-hybridized carbons (Fsp3) is 0.684. The molecule has 6 fully saturated rings. The Morgan fingerprint density at radius 1 is 0.283 bits per heavy atom. The van der Waals surface area contributed by atoms with Crippen LogP contribution in [0.2, 0.25) is 0 Å². The van der Waals surface area contributed by atoms with Crippen LogP contribution >= 0.6 is 0 Å². The molecule has 0 bridgehead atoms. The third kappa shape index (κ3) is 25.4.